The first kappa shape index (κ1) is 19.7. The number of aryl methyl sites for hydroxylation is 2. The van der Waals surface area contributed by atoms with E-state index in [2.05, 4.69) is 10.3 Å². The standard InChI is InChI=1S/C20H29N5O2.ClH/c1-23-12-21-17-16(23)18(26)25(19(27)24(17)2)5-3-4-22-20-9-13-6-14(10-20)8-15(7-13)11-20;/h12-15,22H,3-11H2,1-2H3;1H. The Morgan fingerprint density at radius 2 is 1.71 bits per heavy atom. The maximum absolute atomic E-state index is 12.8. The van der Waals surface area contributed by atoms with Crippen LogP contribution in [0, 0.1) is 17.8 Å². The van der Waals surface area contributed by atoms with Gasteiger partial charge in [-0.05, 0) is 37.0 Å². The minimum Gasteiger partial charge on any atom is -1.00 e. The molecule has 0 aromatic carbocycles. The average Bonchev–Trinajstić information content (AvgIpc) is 3.00. The molecule has 2 aromatic rings. The fourth-order valence-corrected chi connectivity index (χ4v) is 6.68. The van der Waals surface area contributed by atoms with E-state index in [0.717, 1.165) is 30.7 Å². The molecule has 6 rings (SSSR count). The summed E-state index contributed by atoms with van der Waals surface area (Å²) >= 11 is 0. The van der Waals surface area contributed by atoms with Gasteiger partial charge in [-0.1, -0.05) is 0 Å². The molecule has 2 aromatic heterocycles. The van der Waals surface area contributed by atoms with Gasteiger partial charge in [-0.15, -0.1) is 0 Å². The molecule has 154 valence electrons. The zero-order valence-corrected chi connectivity index (χ0v) is 17.5. The van der Waals surface area contributed by atoms with E-state index in [1.54, 1.807) is 25.0 Å². The molecule has 0 radical (unpaired) electrons. The van der Waals surface area contributed by atoms with Crippen LogP contribution in [0.3, 0.4) is 0 Å². The van der Waals surface area contributed by atoms with Crippen molar-refractivity contribution in [2.75, 3.05) is 6.54 Å². The molecule has 0 unspecified atom stereocenters. The molecule has 28 heavy (non-hydrogen) atoms. The Balaban J connectivity index is 0.00000192. The van der Waals surface area contributed by atoms with Crippen molar-refractivity contribution in [3.05, 3.63) is 27.2 Å². The Hall–Kier alpha value is -1.60. The predicted molar refractivity (Wildman–Crippen MR) is 103 cm³/mol. The van der Waals surface area contributed by atoms with Gasteiger partial charge in [0.2, 0.25) is 0 Å². The Labute approximate surface area is 170 Å². The summed E-state index contributed by atoms with van der Waals surface area (Å²) in [5.41, 5.74) is 0.936. The van der Waals surface area contributed by atoms with Gasteiger partial charge in [0, 0.05) is 46.3 Å². The SMILES string of the molecule is Cn1cnc2c1c(=O)n(CCC[NH2+]C13CC4CC(CC(C4)C1)C3)c(=O)n2C.[Cl-]. The van der Waals surface area contributed by atoms with Crippen molar-refractivity contribution >= 4 is 11.2 Å². The number of rotatable bonds is 5. The lowest BCUT2D eigenvalue weighted by Crippen LogP contribution is -3.00. The number of nitrogens with zero attached hydrogens (tertiary/aromatic N) is 4. The van der Waals surface area contributed by atoms with Crippen LogP contribution in [-0.2, 0) is 20.6 Å². The van der Waals surface area contributed by atoms with Gasteiger partial charge in [0.25, 0.3) is 5.56 Å². The molecule has 2 heterocycles. The molecule has 4 bridgehead atoms. The largest absolute Gasteiger partial charge is 1.00 e. The van der Waals surface area contributed by atoms with E-state index in [1.807, 2.05) is 0 Å². The van der Waals surface area contributed by atoms with Crippen molar-refractivity contribution in [2.45, 2.75) is 57.0 Å². The second kappa shape index (κ2) is 7.02. The van der Waals surface area contributed by atoms with Gasteiger partial charge in [-0.25, -0.2) is 9.78 Å². The van der Waals surface area contributed by atoms with E-state index in [1.165, 1.54) is 47.7 Å². The number of hydrogen-bond donors (Lipinski definition) is 1. The Bertz CT molecular complexity index is 969. The first-order valence-corrected chi connectivity index (χ1v) is 10.4. The van der Waals surface area contributed by atoms with Gasteiger partial charge in [0.1, 0.15) is 0 Å². The zero-order chi connectivity index (χ0) is 18.8. The number of aromatic nitrogens is 4. The van der Waals surface area contributed by atoms with Crippen molar-refractivity contribution < 1.29 is 17.7 Å². The minimum atomic E-state index is -0.263. The van der Waals surface area contributed by atoms with E-state index in [4.69, 9.17) is 0 Å². The maximum atomic E-state index is 12.8. The summed E-state index contributed by atoms with van der Waals surface area (Å²) in [6.07, 6.45) is 11.0. The molecule has 0 atom stereocenters. The van der Waals surface area contributed by atoms with Crippen LogP contribution < -0.4 is 29.0 Å². The maximum Gasteiger partial charge on any atom is 0.332 e. The highest BCUT2D eigenvalue weighted by Crippen LogP contribution is 2.54. The van der Waals surface area contributed by atoms with Crippen LogP contribution in [-0.4, -0.2) is 30.8 Å². The first-order chi connectivity index (χ1) is 13.0. The van der Waals surface area contributed by atoms with Crippen LogP contribution in [0.25, 0.3) is 11.2 Å². The van der Waals surface area contributed by atoms with E-state index in [0.29, 0.717) is 23.2 Å². The molecule has 0 aliphatic heterocycles. The van der Waals surface area contributed by atoms with Gasteiger partial charge in [0.05, 0.1) is 18.4 Å². The van der Waals surface area contributed by atoms with Gasteiger partial charge < -0.3 is 22.3 Å². The van der Waals surface area contributed by atoms with Crippen LogP contribution in [0.5, 0.6) is 0 Å². The summed E-state index contributed by atoms with van der Waals surface area (Å²) in [6.45, 7) is 1.47. The summed E-state index contributed by atoms with van der Waals surface area (Å²) in [5, 5.41) is 2.57. The Kier molecular flexibility index (Phi) is 4.94. The van der Waals surface area contributed by atoms with E-state index < -0.39 is 0 Å². The van der Waals surface area contributed by atoms with Crippen LogP contribution in [0.1, 0.15) is 44.9 Å². The number of quaternary nitrogens is 1. The lowest BCUT2D eigenvalue weighted by atomic mass is 9.53. The van der Waals surface area contributed by atoms with Crippen molar-refractivity contribution in [3.8, 4) is 0 Å². The van der Waals surface area contributed by atoms with Crippen molar-refractivity contribution in [2.24, 2.45) is 31.8 Å². The first-order valence-electron chi connectivity index (χ1n) is 10.4. The third-order valence-electron chi connectivity index (χ3n) is 7.45. The fourth-order valence-electron chi connectivity index (χ4n) is 6.68. The topological polar surface area (TPSA) is 78.4 Å². The number of fused-ring (bicyclic) bond motifs is 1. The molecule has 2 N–H and O–H groups in total. The van der Waals surface area contributed by atoms with Gasteiger partial charge in [-0.3, -0.25) is 13.9 Å². The third kappa shape index (κ3) is 3.03. The molecular weight excluding hydrogens is 378 g/mol. The smallest absolute Gasteiger partial charge is 0.332 e. The average molecular weight is 408 g/mol. The summed E-state index contributed by atoms with van der Waals surface area (Å²) in [4.78, 5) is 29.6. The minimum absolute atomic E-state index is 0. The molecule has 0 spiro atoms. The predicted octanol–water partition coefficient (Wildman–Crippen LogP) is -2.64. The highest BCUT2D eigenvalue weighted by molar-refractivity contribution is 5.69. The molecule has 4 saturated carbocycles. The second-order valence-corrected chi connectivity index (χ2v) is 9.45. The number of hydrogen-bond acceptors (Lipinski definition) is 3. The molecule has 8 heteroatoms. The van der Waals surface area contributed by atoms with Gasteiger partial charge in [-0.2, -0.15) is 0 Å². The van der Waals surface area contributed by atoms with E-state index >= 15 is 0 Å². The molecule has 4 aliphatic rings. The van der Waals surface area contributed by atoms with Crippen molar-refractivity contribution in [1.29, 1.82) is 0 Å². The second-order valence-electron chi connectivity index (χ2n) is 9.45. The Morgan fingerprint density at radius 1 is 1.11 bits per heavy atom. The Morgan fingerprint density at radius 3 is 2.32 bits per heavy atom. The van der Waals surface area contributed by atoms with Gasteiger partial charge in [0.15, 0.2) is 11.2 Å². The van der Waals surface area contributed by atoms with Gasteiger partial charge >= 0.3 is 5.69 Å². The zero-order valence-electron chi connectivity index (χ0n) is 16.7. The van der Waals surface area contributed by atoms with Crippen LogP contribution in [0.4, 0.5) is 0 Å². The summed E-state index contributed by atoms with van der Waals surface area (Å²) < 4.78 is 4.58. The molecule has 7 nitrogen and oxygen atoms in total. The number of halogens is 1. The van der Waals surface area contributed by atoms with E-state index in [-0.39, 0.29) is 23.7 Å². The van der Waals surface area contributed by atoms with Crippen molar-refractivity contribution in [3.63, 3.8) is 0 Å². The van der Waals surface area contributed by atoms with Crippen molar-refractivity contribution in [1.82, 2.24) is 18.7 Å². The molecule has 4 fully saturated rings. The summed E-state index contributed by atoms with van der Waals surface area (Å²) in [6, 6.07) is 0. The van der Waals surface area contributed by atoms with Crippen LogP contribution >= 0.6 is 0 Å². The summed E-state index contributed by atoms with van der Waals surface area (Å²) in [7, 11) is 3.49. The third-order valence-corrected chi connectivity index (χ3v) is 7.45. The molecule has 4 aliphatic carbocycles. The van der Waals surface area contributed by atoms with Crippen LogP contribution in [0.2, 0.25) is 0 Å². The molecular formula is C20H30ClN5O2. The highest BCUT2D eigenvalue weighted by Gasteiger charge is 2.53. The molecule has 0 amide bonds. The number of nitrogens with two attached hydrogens (primary N) is 1. The quantitative estimate of drug-likeness (QED) is 0.550. The monoisotopic (exact) mass is 407 g/mol. The highest BCUT2D eigenvalue weighted by atomic mass is 35.5. The normalized spacial score (nSPS) is 30.7. The van der Waals surface area contributed by atoms with E-state index in [9.17, 15) is 9.59 Å². The van der Waals surface area contributed by atoms with Crippen LogP contribution in [0.15, 0.2) is 15.9 Å². The molecule has 0 saturated heterocycles. The fraction of sp³-hybridized carbons (Fsp3) is 0.750. The summed E-state index contributed by atoms with van der Waals surface area (Å²) in [5.74, 6) is 2.86. The number of imidazole rings is 1. The lowest BCUT2D eigenvalue weighted by molar-refractivity contribution is -0.739. The lowest BCUT2D eigenvalue weighted by Gasteiger charge is -2.54.